The first-order valence-electron chi connectivity index (χ1n) is 7.80. The first-order valence-corrected chi connectivity index (χ1v) is 9.54. The number of anilines is 1. The van der Waals surface area contributed by atoms with E-state index in [1.54, 1.807) is 30.5 Å². The van der Waals surface area contributed by atoms with Gasteiger partial charge in [0.15, 0.2) is 5.16 Å². The summed E-state index contributed by atoms with van der Waals surface area (Å²) in [6, 6.07) is 9.94. The Hall–Kier alpha value is -2.86. The molecule has 2 N–H and O–H groups in total. The zero-order chi connectivity index (χ0) is 20.1. The molecular weight excluding hydrogens is 421 g/mol. The number of nitriles is 1. The Morgan fingerprint density at radius 2 is 2.14 bits per heavy atom. The van der Waals surface area contributed by atoms with Gasteiger partial charge in [-0.15, -0.1) is 0 Å². The Labute approximate surface area is 173 Å². The minimum atomic E-state index is -0.586. The van der Waals surface area contributed by atoms with E-state index in [1.165, 1.54) is 12.3 Å². The highest BCUT2D eigenvalue weighted by molar-refractivity contribution is 7.99. The maximum Gasteiger partial charge on any atom is 0.270 e. The third-order valence-electron chi connectivity index (χ3n) is 3.49. The van der Waals surface area contributed by atoms with E-state index < -0.39 is 5.56 Å². The number of aromatic amines is 1. The van der Waals surface area contributed by atoms with Crippen molar-refractivity contribution in [2.75, 3.05) is 11.1 Å². The van der Waals surface area contributed by atoms with Gasteiger partial charge in [0, 0.05) is 23.0 Å². The number of thioether (sulfide) groups is 1. The molecule has 0 saturated carbocycles. The number of amides is 1. The molecule has 3 aromatic rings. The molecule has 0 radical (unpaired) electrons. The van der Waals surface area contributed by atoms with E-state index in [-0.39, 0.29) is 28.1 Å². The van der Waals surface area contributed by atoms with E-state index >= 15 is 0 Å². The van der Waals surface area contributed by atoms with Gasteiger partial charge in [-0.05, 0) is 30.3 Å². The maximum absolute atomic E-state index is 12.2. The van der Waals surface area contributed by atoms with Gasteiger partial charge in [0.05, 0.1) is 22.2 Å². The van der Waals surface area contributed by atoms with Crippen molar-refractivity contribution in [1.29, 1.82) is 5.26 Å². The van der Waals surface area contributed by atoms with Crippen LogP contribution in [0.5, 0.6) is 0 Å². The van der Waals surface area contributed by atoms with E-state index in [1.807, 2.05) is 6.07 Å². The number of hydrogen-bond acceptors (Lipinski definition) is 6. The summed E-state index contributed by atoms with van der Waals surface area (Å²) in [6.07, 6.45) is 3.08. The van der Waals surface area contributed by atoms with Gasteiger partial charge >= 0.3 is 0 Å². The zero-order valence-corrected chi connectivity index (χ0v) is 16.4. The first-order chi connectivity index (χ1) is 13.5. The molecule has 10 heteroatoms. The monoisotopic (exact) mass is 431 g/mol. The molecule has 0 bridgehead atoms. The molecule has 0 aliphatic heterocycles. The predicted molar refractivity (Wildman–Crippen MR) is 109 cm³/mol. The first kappa shape index (κ1) is 19.9. The van der Waals surface area contributed by atoms with Crippen molar-refractivity contribution < 1.29 is 4.79 Å². The molecule has 0 fully saturated rings. The summed E-state index contributed by atoms with van der Waals surface area (Å²) < 4.78 is 0. The SMILES string of the molecule is N#Cc1c(-c2cccnc2)nc(SCC(=O)Nc2cc(Cl)ccc2Cl)[nH]c1=O. The molecule has 1 amide bonds. The van der Waals surface area contributed by atoms with Gasteiger partial charge in [-0.3, -0.25) is 14.6 Å². The number of halogens is 2. The van der Waals surface area contributed by atoms with Crippen LogP contribution in [0.25, 0.3) is 11.3 Å². The van der Waals surface area contributed by atoms with Gasteiger partial charge in [0.25, 0.3) is 5.56 Å². The van der Waals surface area contributed by atoms with Gasteiger partial charge in [0.2, 0.25) is 5.91 Å². The summed E-state index contributed by atoms with van der Waals surface area (Å²) in [6.45, 7) is 0. The number of nitrogens with one attached hydrogen (secondary N) is 2. The zero-order valence-electron chi connectivity index (χ0n) is 14.1. The van der Waals surface area contributed by atoms with Crippen LogP contribution < -0.4 is 10.9 Å². The van der Waals surface area contributed by atoms with E-state index in [0.29, 0.717) is 21.3 Å². The Kier molecular flexibility index (Phi) is 6.31. The van der Waals surface area contributed by atoms with Crippen LogP contribution >= 0.6 is 35.0 Å². The van der Waals surface area contributed by atoms with Crippen molar-refractivity contribution in [2.45, 2.75) is 5.16 Å². The van der Waals surface area contributed by atoms with Crippen LogP contribution in [0.15, 0.2) is 52.7 Å². The molecule has 0 aliphatic rings. The lowest BCUT2D eigenvalue weighted by atomic mass is 10.1. The highest BCUT2D eigenvalue weighted by Gasteiger charge is 2.15. The van der Waals surface area contributed by atoms with Crippen molar-refractivity contribution in [3.63, 3.8) is 0 Å². The molecule has 0 atom stereocenters. The van der Waals surface area contributed by atoms with Crippen molar-refractivity contribution >= 4 is 46.6 Å². The van der Waals surface area contributed by atoms with Crippen molar-refractivity contribution in [3.05, 3.63) is 68.7 Å². The smallest absolute Gasteiger partial charge is 0.270 e. The third-order valence-corrected chi connectivity index (χ3v) is 4.92. The standard InChI is InChI=1S/C18H11Cl2N5O2S/c19-11-3-4-13(20)14(6-11)23-15(26)9-28-18-24-16(10-2-1-5-22-8-10)12(7-21)17(27)25-18/h1-6,8H,9H2,(H,23,26)(H,24,25,27). The van der Waals surface area contributed by atoms with Crippen LogP contribution in [0.1, 0.15) is 5.56 Å². The highest BCUT2D eigenvalue weighted by Crippen LogP contribution is 2.26. The van der Waals surface area contributed by atoms with Gasteiger partial charge in [0.1, 0.15) is 11.6 Å². The van der Waals surface area contributed by atoms with Crippen molar-refractivity contribution in [1.82, 2.24) is 15.0 Å². The molecule has 0 aliphatic carbocycles. The Bertz CT molecular complexity index is 1130. The van der Waals surface area contributed by atoms with Gasteiger partial charge in [-0.1, -0.05) is 35.0 Å². The van der Waals surface area contributed by atoms with E-state index in [9.17, 15) is 14.9 Å². The number of H-pyrrole nitrogens is 1. The number of hydrogen-bond donors (Lipinski definition) is 2. The number of pyridine rings is 1. The van der Waals surface area contributed by atoms with Crippen molar-refractivity contribution in [2.24, 2.45) is 0 Å². The summed E-state index contributed by atoms with van der Waals surface area (Å²) >= 11 is 12.9. The number of rotatable bonds is 5. The second-order valence-corrected chi connectivity index (χ2v) is 7.22. The van der Waals surface area contributed by atoms with Crippen LogP contribution in [0.3, 0.4) is 0 Å². The molecule has 3 rings (SSSR count). The van der Waals surface area contributed by atoms with Crippen LogP contribution in [0.2, 0.25) is 10.0 Å². The summed E-state index contributed by atoms with van der Waals surface area (Å²) in [5, 5.41) is 12.9. The van der Waals surface area contributed by atoms with Crippen LogP contribution in [-0.2, 0) is 4.79 Å². The molecule has 0 saturated heterocycles. The largest absolute Gasteiger partial charge is 0.324 e. The molecule has 7 nitrogen and oxygen atoms in total. The minimum Gasteiger partial charge on any atom is -0.324 e. The molecule has 1 aromatic carbocycles. The molecule has 0 unspecified atom stereocenters. The number of benzene rings is 1. The maximum atomic E-state index is 12.2. The fourth-order valence-electron chi connectivity index (χ4n) is 2.25. The second kappa shape index (κ2) is 8.89. The second-order valence-electron chi connectivity index (χ2n) is 5.41. The van der Waals surface area contributed by atoms with E-state index in [0.717, 1.165) is 11.8 Å². The lowest BCUT2D eigenvalue weighted by molar-refractivity contribution is -0.113. The average Bonchev–Trinajstić information content (AvgIpc) is 2.69. The Morgan fingerprint density at radius 1 is 1.32 bits per heavy atom. The fraction of sp³-hybridized carbons (Fsp3) is 0.0556. The lowest BCUT2D eigenvalue weighted by Crippen LogP contribution is -2.17. The number of carbonyl (C=O) groups is 1. The third kappa shape index (κ3) is 4.70. The average molecular weight is 432 g/mol. The minimum absolute atomic E-state index is 0.0375. The molecular formula is C18H11Cl2N5O2S. The van der Waals surface area contributed by atoms with Crippen LogP contribution in [0, 0.1) is 11.3 Å². The van der Waals surface area contributed by atoms with Crippen LogP contribution in [-0.4, -0.2) is 26.6 Å². The summed E-state index contributed by atoms with van der Waals surface area (Å²) in [4.78, 5) is 35.2. The summed E-state index contributed by atoms with van der Waals surface area (Å²) in [5.41, 5.74) is 0.420. The predicted octanol–water partition coefficient (Wildman–Crippen LogP) is 3.74. The van der Waals surface area contributed by atoms with Crippen LogP contribution in [0.4, 0.5) is 5.69 Å². The Morgan fingerprint density at radius 3 is 2.86 bits per heavy atom. The lowest BCUT2D eigenvalue weighted by Gasteiger charge is -2.08. The van der Waals surface area contributed by atoms with Gasteiger partial charge in [-0.25, -0.2) is 4.98 Å². The quantitative estimate of drug-likeness (QED) is 0.469. The Balaban J connectivity index is 1.79. The van der Waals surface area contributed by atoms with E-state index in [2.05, 4.69) is 20.3 Å². The van der Waals surface area contributed by atoms with E-state index in [4.69, 9.17) is 23.2 Å². The number of nitrogens with zero attached hydrogens (tertiary/aromatic N) is 3. The fourth-order valence-corrected chi connectivity index (χ4v) is 3.25. The summed E-state index contributed by atoms with van der Waals surface area (Å²) in [5.74, 6) is -0.395. The topological polar surface area (TPSA) is 112 Å². The highest BCUT2D eigenvalue weighted by atomic mass is 35.5. The molecule has 140 valence electrons. The number of carbonyl (C=O) groups excluding carboxylic acids is 1. The van der Waals surface area contributed by atoms with Crippen molar-refractivity contribution in [3.8, 4) is 17.3 Å². The molecule has 2 heterocycles. The molecule has 0 spiro atoms. The van der Waals surface area contributed by atoms with Gasteiger partial charge in [-0.2, -0.15) is 5.26 Å². The molecule has 2 aromatic heterocycles. The summed E-state index contributed by atoms with van der Waals surface area (Å²) in [7, 11) is 0. The number of aromatic nitrogens is 3. The normalized spacial score (nSPS) is 10.3. The van der Waals surface area contributed by atoms with Gasteiger partial charge < -0.3 is 10.3 Å². The molecule has 28 heavy (non-hydrogen) atoms.